The Hall–Kier alpha value is -2.57. The van der Waals surface area contributed by atoms with Crippen LogP contribution in [0.4, 0.5) is 5.69 Å². The maximum Gasteiger partial charge on any atom is 0.228 e. The molecule has 5 rings (SSSR count). The zero-order chi connectivity index (χ0) is 24.7. The van der Waals surface area contributed by atoms with E-state index in [9.17, 15) is 4.79 Å². The molecule has 0 saturated carbocycles. The normalized spacial score (nSPS) is 18.9. The zero-order valence-corrected chi connectivity index (χ0v) is 22.0. The minimum absolute atomic E-state index is 0.202. The van der Waals surface area contributed by atoms with E-state index < -0.39 is 0 Å². The molecule has 0 N–H and O–H groups in total. The number of hydrogen-bond donors (Lipinski definition) is 0. The summed E-state index contributed by atoms with van der Waals surface area (Å²) in [6.07, 6.45) is 4.98. The van der Waals surface area contributed by atoms with E-state index >= 15 is 0 Å². The van der Waals surface area contributed by atoms with E-state index in [4.69, 9.17) is 11.6 Å². The van der Waals surface area contributed by atoms with Crippen molar-refractivity contribution in [1.29, 1.82) is 0 Å². The van der Waals surface area contributed by atoms with E-state index in [-0.39, 0.29) is 11.2 Å². The molecule has 0 aromatic heterocycles. The van der Waals surface area contributed by atoms with Crippen LogP contribution in [0.2, 0.25) is 5.02 Å². The van der Waals surface area contributed by atoms with Gasteiger partial charge in [0.25, 0.3) is 0 Å². The van der Waals surface area contributed by atoms with Crippen LogP contribution in [0.25, 0.3) is 6.08 Å². The van der Waals surface area contributed by atoms with Gasteiger partial charge in [-0.25, -0.2) is 0 Å². The third-order valence-electron chi connectivity index (χ3n) is 6.90. The van der Waals surface area contributed by atoms with Crippen molar-refractivity contribution in [3.8, 4) is 0 Å². The number of benzene rings is 3. The maximum atomic E-state index is 13.4. The minimum Gasteiger partial charge on any atom is -0.310 e. The van der Waals surface area contributed by atoms with Crippen LogP contribution in [0.15, 0.2) is 89.8 Å². The van der Waals surface area contributed by atoms with Crippen LogP contribution in [0.3, 0.4) is 0 Å². The fourth-order valence-electron chi connectivity index (χ4n) is 4.81. The Balaban J connectivity index is 1.13. The van der Waals surface area contributed by atoms with Gasteiger partial charge in [0.05, 0.1) is 10.9 Å². The monoisotopic (exact) mass is 517 g/mol. The number of thioether (sulfide) groups is 1. The first-order valence-corrected chi connectivity index (χ1v) is 13.9. The SMILES string of the molecule is O=C(CCN1CCN(CC=Cc2ccccc2)CC1)N1CC(c2ccc(Cl)cc2)Sc2ccccc21. The van der Waals surface area contributed by atoms with Crippen molar-refractivity contribution in [3.63, 3.8) is 0 Å². The second-order valence-electron chi connectivity index (χ2n) is 9.34. The van der Waals surface area contributed by atoms with Crippen molar-refractivity contribution < 1.29 is 4.79 Å². The zero-order valence-electron chi connectivity index (χ0n) is 20.4. The van der Waals surface area contributed by atoms with Crippen LogP contribution in [-0.4, -0.2) is 61.5 Å². The van der Waals surface area contributed by atoms with Gasteiger partial charge in [-0.05, 0) is 35.4 Å². The highest BCUT2D eigenvalue weighted by Gasteiger charge is 2.30. The van der Waals surface area contributed by atoms with Gasteiger partial charge in [-0.2, -0.15) is 0 Å². The lowest BCUT2D eigenvalue weighted by Gasteiger charge is -2.36. The molecule has 6 heteroatoms. The Morgan fingerprint density at radius 3 is 2.36 bits per heavy atom. The second-order valence-corrected chi connectivity index (χ2v) is 11.0. The molecule has 1 saturated heterocycles. The molecule has 1 fully saturated rings. The van der Waals surface area contributed by atoms with E-state index in [0.29, 0.717) is 13.0 Å². The third kappa shape index (κ3) is 6.40. The Morgan fingerprint density at radius 2 is 1.58 bits per heavy atom. The van der Waals surface area contributed by atoms with Gasteiger partial charge >= 0.3 is 0 Å². The number of fused-ring (bicyclic) bond motifs is 1. The molecule has 3 aromatic carbocycles. The first kappa shape index (κ1) is 25.1. The molecule has 3 aromatic rings. The largest absolute Gasteiger partial charge is 0.310 e. The number of rotatable bonds is 7. The van der Waals surface area contributed by atoms with E-state index in [1.807, 2.05) is 47.0 Å². The van der Waals surface area contributed by atoms with Gasteiger partial charge in [-0.15, -0.1) is 11.8 Å². The molecule has 1 unspecified atom stereocenters. The molecule has 2 heterocycles. The summed E-state index contributed by atoms with van der Waals surface area (Å²) in [5.41, 5.74) is 3.48. The average Bonchev–Trinajstić information content (AvgIpc) is 2.93. The van der Waals surface area contributed by atoms with Gasteiger partial charge in [0.2, 0.25) is 5.91 Å². The van der Waals surface area contributed by atoms with Gasteiger partial charge in [-0.3, -0.25) is 9.69 Å². The van der Waals surface area contributed by atoms with E-state index in [2.05, 4.69) is 70.5 Å². The lowest BCUT2D eigenvalue weighted by atomic mass is 10.1. The molecular formula is C30H32ClN3OS. The van der Waals surface area contributed by atoms with Crippen molar-refractivity contribution in [2.24, 2.45) is 0 Å². The fraction of sp³-hybridized carbons (Fsp3) is 0.300. The smallest absolute Gasteiger partial charge is 0.228 e. The number of halogens is 1. The van der Waals surface area contributed by atoms with Crippen LogP contribution in [-0.2, 0) is 4.79 Å². The van der Waals surface area contributed by atoms with E-state index in [1.54, 1.807) is 0 Å². The van der Waals surface area contributed by atoms with Crippen LogP contribution in [0.5, 0.6) is 0 Å². The van der Waals surface area contributed by atoms with Gasteiger partial charge in [0, 0.05) is 62.2 Å². The molecule has 0 bridgehead atoms. The number of para-hydroxylation sites is 1. The molecule has 1 amide bonds. The first-order chi connectivity index (χ1) is 17.7. The quantitative estimate of drug-likeness (QED) is 0.370. The average molecular weight is 518 g/mol. The Labute approximate surface area is 223 Å². The van der Waals surface area contributed by atoms with Crippen molar-refractivity contribution in [3.05, 3.63) is 101 Å². The molecule has 186 valence electrons. The molecule has 36 heavy (non-hydrogen) atoms. The molecule has 2 aliphatic rings. The van der Waals surface area contributed by atoms with Gasteiger partial charge in [-0.1, -0.05) is 78.4 Å². The molecule has 0 aliphatic carbocycles. The standard InChI is InChI=1S/C30H32ClN3OS/c31-26-14-12-25(13-15-26)29-23-34(27-10-4-5-11-28(27)36-29)30(35)16-18-33-21-19-32(20-22-33)17-6-9-24-7-2-1-3-8-24/h1-15,29H,16-23H2. The number of carbonyl (C=O) groups is 1. The maximum absolute atomic E-state index is 13.4. The summed E-state index contributed by atoms with van der Waals surface area (Å²) < 4.78 is 0. The number of piperazine rings is 1. The van der Waals surface area contributed by atoms with Crippen LogP contribution in [0.1, 0.15) is 22.8 Å². The molecule has 4 nitrogen and oxygen atoms in total. The highest BCUT2D eigenvalue weighted by atomic mass is 35.5. The highest BCUT2D eigenvalue weighted by Crippen LogP contribution is 2.45. The molecule has 0 radical (unpaired) electrons. The molecular weight excluding hydrogens is 486 g/mol. The predicted molar refractivity (Wildman–Crippen MR) is 152 cm³/mol. The summed E-state index contributed by atoms with van der Waals surface area (Å²) in [4.78, 5) is 21.5. The van der Waals surface area contributed by atoms with Crippen molar-refractivity contribution in [2.75, 3.05) is 50.7 Å². The lowest BCUT2D eigenvalue weighted by molar-refractivity contribution is -0.119. The van der Waals surface area contributed by atoms with Crippen molar-refractivity contribution >= 4 is 41.0 Å². The van der Waals surface area contributed by atoms with E-state index in [1.165, 1.54) is 11.1 Å². The van der Waals surface area contributed by atoms with Crippen LogP contribution >= 0.6 is 23.4 Å². The Kier molecular flexibility index (Phi) is 8.44. The topological polar surface area (TPSA) is 26.8 Å². The lowest BCUT2D eigenvalue weighted by Crippen LogP contribution is -2.47. The van der Waals surface area contributed by atoms with Gasteiger partial charge < -0.3 is 9.80 Å². The summed E-state index contributed by atoms with van der Waals surface area (Å²) in [6, 6.07) is 26.7. The van der Waals surface area contributed by atoms with Crippen LogP contribution in [0, 0.1) is 0 Å². The summed E-state index contributed by atoms with van der Waals surface area (Å²) in [5, 5.41) is 0.939. The fourth-order valence-corrected chi connectivity index (χ4v) is 6.21. The van der Waals surface area contributed by atoms with Gasteiger partial charge in [0.15, 0.2) is 0 Å². The summed E-state index contributed by atoms with van der Waals surface area (Å²) in [5.74, 6) is 0.204. The highest BCUT2D eigenvalue weighted by molar-refractivity contribution is 7.99. The van der Waals surface area contributed by atoms with Crippen molar-refractivity contribution in [2.45, 2.75) is 16.6 Å². The summed E-state index contributed by atoms with van der Waals surface area (Å²) in [7, 11) is 0. The molecule has 1 atom stereocenters. The number of carbonyl (C=O) groups excluding carboxylic acids is 1. The predicted octanol–water partition coefficient (Wildman–Crippen LogP) is 6.24. The number of anilines is 1. The Bertz CT molecular complexity index is 1180. The Morgan fingerprint density at radius 1 is 0.889 bits per heavy atom. The summed E-state index contributed by atoms with van der Waals surface area (Å²) in [6.45, 7) is 6.55. The third-order valence-corrected chi connectivity index (χ3v) is 8.45. The number of hydrogen-bond acceptors (Lipinski definition) is 4. The number of amides is 1. The van der Waals surface area contributed by atoms with Crippen LogP contribution < -0.4 is 4.90 Å². The molecule has 0 spiro atoms. The summed E-state index contributed by atoms with van der Waals surface area (Å²) >= 11 is 7.93. The minimum atomic E-state index is 0.202. The van der Waals surface area contributed by atoms with Crippen molar-refractivity contribution in [1.82, 2.24) is 9.80 Å². The molecule has 2 aliphatic heterocycles. The first-order valence-electron chi connectivity index (χ1n) is 12.6. The van der Waals surface area contributed by atoms with E-state index in [0.717, 1.165) is 54.9 Å². The second kappa shape index (κ2) is 12.1. The number of nitrogens with zero attached hydrogens (tertiary/aromatic N) is 3. The van der Waals surface area contributed by atoms with Gasteiger partial charge in [0.1, 0.15) is 0 Å².